The summed E-state index contributed by atoms with van der Waals surface area (Å²) in [6.07, 6.45) is 5.53. The van der Waals surface area contributed by atoms with Gasteiger partial charge in [0.15, 0.2) is 0 Å². The third-order valence-corrected chi connectivity index (χ3v) is 4.69. The molecule has 2 atom stereocenters. The molecule has 1 aliphatic rings. The molecule has 0 bridgehead atoms. The van der Waals surface area contributed by atoms with E-state index < -0.39 is 0 Å². The topological polar surface area (TPSA) is 0 Å². The Balaban J connectivity index is 2.11. The van der Waals surface area contributed by atoms with Gasteiger partial charge in [-0.3, -0.25) is 0 Å². The van der Waals surface area contributed by atoms with Crippen LogP contribution in [0.2, 0.25) is 0 Å². The summed E-state index contributed by atoms with van der Waals surface area (Å²) in [5, 5.41) is 2.18. The number of thiophene rings is 1. The van der Waals surface area contributed by atoms with Crippen LogP contribution in [0.5, 0.6) is 0 Å². The summed E-state index contributed by atoms with van der Waals surface area (Å²) in [4.78, 5) is 2.29. The lowest BCUT2D eigenvalue weighted by atomic mass is 9.88. The number of hydrogen-bond acceptors (Lipinski definition) is 1. The van der Waals surface area contributed by atoms with Gasteiger partial charge in [-0.05, 0) is 24.3 Å². The number of rotatable bonds is 1. The monoisotopic (exact) mass is 244 g/mol. The maximum Gasteiger partial charge on any atom is 0.0222 e. The van der Waals surface area contributed by atoms with Crippen LogP contribution in [0.25, 0.3) is 0 Å². The fourth-order valence-electron chi connectivity index (χ4n) is 1.91. The van der Waals surface area contributed by atoms with Crippen molar-refractivity contribution in [3.63, 3.8) is 0 Å². The summed E-state index contributed by atoms with van der Waals surface area (Å²) in [5.74, 6) is 0.791. The maximum absolute atomic E-state index is 3.78. The first kappa shape index (κ1) is 8.76. The van der Waals surface area contributed by atoms with Crippen molar-refractivity contribution >= 4 is 27.3 Å². The van der Waals surface area contributed by atoms with Crippen LogP contribution < -0.4 is 0 Å². The highest BCUT2D eigenvalue weighted by atomic mass is 79.9. The molecule has 66 valence electrons. The van der Waals surface area contributed by atoms with E-state index in [-0.39, 0.29) is 0 Å². The minimum absolute atomic E-state index is 0.727. The van der Waals surface area contributed by atoms with Crippen molar-refractivity contribution in [2.45, 2.75) is 36.4 Å². The molecule has 0 saturated heterocycles. The molecule has 0 aliphatic heterocycles. The van der Waals surface area contributed by atoms with Crippen LogP contribution in [0.3, 0.4) is 0 Å². The fourth-order valence-corrected chi connectivity index (χ4v) is 3.88. The molecule has 0 nitrogen and oxygen atoms in total. The second kappa shape index (κ2) is 3.93. The molecule has 0 amide bonds. The van der Waals surface area contributed by atoms with Crippen molar-refractivity contribution < 1.29 is 0 Å². The molecule has 1 saturated carbocycles. The second-order valence-electron chi connectivity index (χ2n) is 3.42. The summed E-state index contributed by atoms with van der Waals surface area (Å²) in [7, 11) is 0. The Morgan fingerprint density at radius 1 is 1.33 bits per heavy atom. The van der Waals surface area contributed by atoms with Gasteiger partial charge in [-0.1, -0.05) is 34.8 Å². The van der Waals surface area contributed by atoms with Gasteiger partial charge in [0.1, 0.15) is 0 Å². The lowest BCUT2D eigenvalue weighted by Crippen LogP contribution is -2.15. The quantitative estimate of drug-likeness (QED) is 0.651. The normalized spacial score (nSPS) is 30.4. The minimum Gasteiger partial charge on any atom is -0.149 e. The van der Waals surface area contributed by atoms with Crippen LogP contribution in [0.15, 0.2) is 17.5 Å². The van der Waals surface area contributed by atoms with Crippen molar-refractivity contribution in [1.82, 2.24) is 0 Å². The van der Waals surface area contributed by atoms with Crippen LogP contribution in [0.4, 0.5) is 0 Å². The average Bonchev–Trinajstić information content (AvgIpc) is 2.57. The first-order valence-corrected chi connectivity index (χ1v) is 6.35. The lowest BCUT2D eigenvalue weighted by molar-refractivity contribution is 0.466. The van der Waals surface area contributed by atoms with Gasteiger partial charge < -0.3 is 0 Å². The zero-order chi connectivity index (χ0) is 8.39. The third kappa shape index (κ3) is 1.74. The van der Waals surface area contributed by atoms with Gasteiger partial charge in [0.05, 0.1) is 0 Å². The first-order chi connectivity index (χ1) is 5.88. The van der Waals surface area contributed by atoms with E-state index in [4.69, 9.17) is 0 Å². The Morgan fingerprint density at radius 2 is 2.17 bits per heavy atom. The van der Waals surface area contributed by atoms with Crippen molar-refractivity contribution in [3.05, 3.63) is 22.4 Å². The second-order valence-corrected chi connectivity index (χ2v) is 5.58. The highest BCUT2D eigenvalue weighted by Gasteiger charge is 2.24. The van der Waals surface area contributed by atoms with Gasteiger partial charge in [0, 0.05) is 15.6 Å². The molecule has 0 aromatic carbocycles. The van der Waals surface area contributed by atoms with Crippen LogP contribution in [0.1, 0.15) is 36.5 Å². The van der Waals surface area contributed by atoms with Crippen molar-refractivity contribution in [2.24, 2.45) is 0 Å². The smallest absolute Gasteiger partial charge is 0.0222 e. The average molecular weight is 245 g/mol. The summed E-state index contributed by atoms with van der Waals surface area (Å²) in [6, 6.07) is 4.43. The third-order valence-electron chi connectivity index (χ3n) is 2.59. The zero-order valence-electron chi connectivity index (χ0n) is 7.00. The molecule has 1 fully saturated rings. The van der Waals surface area contributed by atoms with Gasteiger partial charge in [-0.25, -0.2) is 0 Å². The van der Waals surface area contributed by atoms with E-state index in [2.05, 4.69) is 33.4 Å². The largest absolute Gasteiger partial charge is 0.149 e. The summed E-state index contributed by atoms with van der Waals surface area (Å²) in [6.45, 7) is 0. The molecule has 2 heteroatoms. The molecule has 1 heterocycles. The molecule has 2 rings (SSSR count). The molecule has 12 heavy (non-hydrogen) atoms. The lowest BCUT2D eigenvalue weighted by Gasteiger charge is -2.26. The van der Waals surface area contributed by atoms with E-state index in [0.29, 0.717) is 0 Å². The molecule has 0 spiro atoms. The van der Waals surface area contributed by atoms with Crippen LogP contribution in [0, 0.1) is 0 Å². The predicted molar refractivity (Wildman–Crippen MR) is 58.2 cm³/mol. The molecule has 0 radical (unpaired) electrons. The van der Waals surface area contributed by atoms with Crippen LogP contribution in [-0.2, 0) is 0 Å². The van der Waals surface area contributed by atoms with Crippen molar-refractivity contribution in [2.75, 3.05) is 0 Å². The standard InChI is InChI=1S/C10H13BrS/c11-9-5-2-1-4-8(9)10-6-3-7-12-10/h3,6-9H,1-2,4-5H2. The molecular formula is C10H13BrS. The van der Waals surface area contributed by atoms with Gasteiger partial charge in [0.2, 0.25) is 0 Å². The van der Waals surface area contributed by atoms with Crippen LogP contribution >= 0.6 is 27.3 Å². The van der Waals surface area contributed by atoms with E-state index in [9.17, 15) is 0 Å². The first-order valence-electron chi connectivity index (χ1n) is 4.55. The predicted octanol–water partition coefficient (Wildman–Crippen LogP) is 4.17. The van der Waals surface area contributed by atoms with Gasteiger partial charge >= 0.3 is 0 Å². The number of alkyl halides is 1. The SMILES string of the molecule is BrC1CCCCC1c1cccs1. The van der Waals surface area contributed by atoms with E-state index in [0.717, 1.165) is 10.7 Å². The van der Waals surface area contributed by atoms with Gasteiger partial charge in [-0.2, -0.15) is 0 Å². The van der Waals surface area contributed by atoms with E-state index in [1.807, 2.05) is 11.3 Å². The maximum atomic E-state index is 3.78. The highest BCUT2D eigenvalue weighted by Crippen LogP contribution is 2.39. The molecular weight excluding hydrogens is 232 g/mol. The van der Waals surface area contributed by atoms with Gasteiger partial charge in [0.25, 0.3) is 0 Å². The number of halogens is 1. The van der Waals surface area contributed by atoms with Gasteiger partial charge in [-0.15, -0.1) is 11.3 Å². The Labute approximate surface area is 86.1 Å². The van der Waals surface area contributed by atoms with Crippen LogP contribution in [-0.4, -0.2) is 4.83 Å². The zero-order valence-corrected chi connectivity index (χ0v) is 9.40. The van der Waals surface area contributed by atoms with Crippen molar-refractivity contribution in [3.8, 4) is 0 Å². The Kier molecular flexibility index (Phi) is 2.87. The van der Waals surface area contributed by atoms with E-state index >= 15 is 0 Å². The summed E-state index contributed by atoms with van der Waals surface area (Å²) < 4.78 is 0. The summed E-state index contributed by atoms with van der Waals surface area (Å²) >= 11 is 5.69. The Hall–Kier alpha value is 0.180. The summed E-state index contributed by atoms with van der Waals surface area (Å²) in [5.41, 5.74) is 0. The number of hydrogen-bond donors (Lipinski definition) is 0. The van der Waals surface area contributed by atoms with E-state index in [1.165, 1.54) is 25.7 Å². The van der Waals surface area contributed by atoms with E-state index in [1.54, 1.807) is 4.88 Å². The fraction of sp³-hybridized carbons (Fsp3) is 0.600. The van der Waals surface area contributed by atoms with Crippen molar-refractivity contribution in [1.29, 1.82) is 0 Å². The molecule has 0 N–H and O–H groups in total. The Bertz CT molecular complexity index is 230. The minimum atomic E-state index is 0.727. The molecule has 1 aromatic heterocycles. The molecule has 1 aromatic rings. The Morgan fingerprint density at radius 3 is 2.83 bits per heavy atom. The molecule has 1 aliphatic carbocycles. The highest BCUT2D eigenvalue weighted by molar-refractivity contribution is 9.09. The molecule has 2 unspecified atom stereocenters.